The Kier molecular flexibility index (Phi) is 6.58. The number of benzene rings is 2. The van der Waals surface area contributed by atoms with E-state index in [4.69, 9.17) is 14.6 Å². The molecule has 2 aromatic carbocycles. The van der Waals surface area contributed by atoms with Crippen molar-refractivity contribution in [3.8, 4) is 11.5 Å². The summed E-state index contributed by atoms with van der Waals surface area (Å²) in [5, 5.41) is 11.2. The molecule has 0 aliphatic carbocycles. The van der Waals surface area contributed by atoms with E-state index in [2.05, 4.69) is 5.32 Å². The highest BCUT2D eigenvalue weighted by atomic mass is 16.5. The first-order valence-corrected chi connectivity index (χ1v) is 9.83. The number of hydrogen-bond acceptors (Lipinski definition) is 6. The van der Waals surface area contributed by atoms with Crippen molar-refractivity contribution in [3.05, 3.63) is 59.2 Å². The normalized spacial score (nSPS) is 16.0. The van der Waals surface area contributed by atoms with Crippen LogP contribution in [-0.2, 0) is 20.8 Å². The fraction of sp³-hybridized carbons (Fsp3) is 0.217. The summed E-state index contributed by atoms with van der Waals surface area (Å²) in [5.41, 5.74) is 1.56. The Morgan fingerprint density at radius 3 is 2.41 bits per heavy atom. The molecule has 0 spiro atoms. The summed E-state index contributed by atoms with van der Waals surface area (Å²) in [6.07, 6.45) is 1.03. The topological polar surface area (TPSA) is 122 Å². The Labute approximate surface area is 184 Å². The van der Waals surface area contributed by atoms with Gasteiger partial charge in [-0.15, -0.1) is 0 Å². The number of carboxylic acids is 1. The number of urea groups is 1. The van der Waals surface area contributed by atoms with Crippen molar-refractivity contribution in [1.82, 2.24) is 5.32 Å². The molecule has 1 aliphatic rings. The van der Waals surface area contributed by atoms with E-state index in [0.717, 1.165) is 16.9 Å². The summed E-state index contributed by atoms with van der Waals surface area (Å²) < 4.78 is 10.6. The van der Waals surface area contributed by atoms with Gasteiger partial charge in [0.05, 0.1) is 12.8 Å². The molecule has 32 heavy (non-hydrogen) atoms. The monoisotopic (exact) mass is 438 g/mol. The fourth-order valence-corrected chi connectivity index (χ4v) is 3.05. The molecule has 1 heterocycles. The van der Waals surface area contributed by atoms with Crippen molar-refractivity contribution < 1.29 is 33.8 Å². The van der Waals surface area contributed by atoms with Gasteiger partial charge in [0.15, 0.2) is 17.6 Å². The van der Waals surface area contributed by atoms with E-state index >= 15 is 0 Å². The molecule has 9 nitrogen and oxygen atoms in total. The quantitative estimate of drug-likeness (QED) is 0.503. The fourth-order valence-electron chi connectivity index (χ4n) is 3.05. The zero-order chi connectivity index (χ0) is 23.4. The van der Waals surface area contributed by atoms with Crippen LogP contribution in [0.4, 0.5) is 10.5 Å². The van der Waals surface area contributed by atoms with Gasteiger partial charge in [-0.25, -0.2) is 14.5 Å². The van der Waals surface area contributed by atoms with Gasteiger partial charge in [0.25, 0.3) is 11.8 Å². The number of hydrogen-bond donors (Lipinski definition) is 2. The van der Waals surface area contributed by atoms with Crippen molar-refractivity contribution in [3.63, 3.8) is 0 Å². The van der Waals surface area contributed by atoms with E-state index in [-0.39, 0.29) is 17.1 Å². The minimum Gasteiger partial charge on any atom is -0.493 e. The molecule has 166 valence electrons. The molecule has 4 amide bonds. The molecule has 0 radical (unpaired) electrons. The first-order valence-electron chi connectivity index (χ1n) is 9.83. The molecular formula is C23H22N2O7. The third-order valence-electron chi connectivity index (χ3n) is 4.85. The third-order valence-corrected chi connectivity index (χ3v) is 4.85. The van der Waals surface area contributed by atoms with Gasteiger partial charge in [0.2, 0.25) is 0 Å². The summed E-state index contributed by atoms with van der Waals surface area (Å²) in [6, 6.07) is 10.6. The predicted octanol–water partition coefficient (Wildman–Crippen LogP) is 2.78. The first kappa shape index (κ1) is 22.5. The van der Waals surface area contributed by atoms with E-state index in [1.807, 2.05) is 6.92 Å². The Morgan fingerprint density at radius 1 is 1.12 bits per heavy atom. The lowest BCUT2D eigenvalue weighted by molar-refractivity contribution is -0.144. The van der Waals surface area contributed by atoms with Crippen LogP contribution in [-0.4, -0.2) is 42.1 Å². The number of aryl methyl sites for hydroxylation is 1. The number of carboxylic acid groups (broad SMARTS) is 1. The summed E-state index contributed by atoms with van der Waals surface area (Å²) in [7, 11) is 1.38. The lowest BCUT2D eigenvalue weighted by atomic mass is 10.1. The highest BCUT2D eigenvalue weighted by Gasteiger charge is 2.36. The second kappa shape index (κ2) is 9.34. The number of aliphatic carboxylic acids is 1. The number of methoxy groups -OCH3 is 1. The van der Waals surface area contributed by atoms with Crippen molar-refractivity contribution in [2.75, 3.05) is 12.0 Å². The van der Waals surface area contributed by atoms with Crippen molar-refractivity contribution in [1.29, 1.82) is 0 Å². The van der Waals surface area contributed by atoms with Crippen LogP contribution >= 0.6 is 0 Å². The summed E-state index contributed by atoms with van der Waals surface area (Å²) in [4.78, 5) is 49.6. The first-order chi connectivity index (χ1) is 15.2. The third kappa shape index (κ3) is 4.61. The Hall–Kier alpha value is -4.14. The second-order valence-electron chi connectivity index (χ2n) is 6.99. The van der Waals surface area contributed by atoms with Crippen LogP contribution in [0.3, 0.4) is 0 Å². The van der Waals surface area contributed by atoms with E-state index in [1.165, 1.54) is 38.3 Å². The highest BCUT2D eigenvalue weighted by molar-refractivity contribution is 6.39. The predicted molar refractivity (Wildman–Crippen MR) is 116 cm³/mol. The van der Waals surface area contributed by atoms with E-state index in [0.29, 0.717) is 11.3 Å². The van der Waals surface area contributed by atoms with E-state index < -0.39 is 29.9 Å². The Morgan fingerprint density at radius 2 is 1.81 bits per heavy atom. The summed E-state index contributed by atoms with van der Waals surface area (Å²) in [6.45, 7) is 3.36. The van der Waals surface area contributed by atoms with E-state index in [1.54, 1.807) is 24.3 Å². The maximum atomic E-state index is 13.0. The van der Waals surface area contributed by atoms with Crippen LogP contribution in [0, 0.1) is 0 Å². The molecule has 0 aromatic heterocycles. The number of nitrogens with zero attached hydrogens (tertiary/aromatic N) is 1. The molecule has 1 aliphatic heterocycles. The van der Waals surface area contributed by atoms with Crippen molar-refractivity contribution >= 4 is 35.6 Å². The maximum Gasteiger partial charge on any atom is 0.344 e. The largest absolute Gasteiger partial charge is 0.493 e. The molecule has 3 rings (SSSR count). The molecule has 1 atom stereocenters. The minimum absolute atomic E-state index is 0.191. The molecule has 2 N–H and O–H groups in total. The Bertz CT molecular complexity index is 1110. The number of barbiturate groups is 1. The van der Waals surface area contributed by atoms with Crippen LogP contribution in [0.15, 0.2) is 48.0 Å². The van der Waals surface area contributed by atoms with Gasteiger partial charge in [-0.2, -0.15) is 0 Å². The smallest absolute Gasteiger partial charge is 0.344 e. The maximum absolute atomic E-state index is 13.0. The van der Waals surface area contributed by atoms with Gasteiger partial charge in [-0.3, -0.25) is 14.9 Å². The molecule has 9 heteroatoms. The number of amides is 4. The van der Waals surface area contributed by atoms with Crippen molar-refractivity contribution in [2.45, 2.75) is 26.4 Å². The average Bonchev–Trinajstić information content (AvgIpc) is 2.77. The lowest BCUT2D eigenvalue weighted by Gasteiger charge is -2.26. The molecule has 1 saturated heterocycles. The van der Waals surface area contributed by atoms with Crippen LogP contribution in [0.1, 0.15) is 25.0 Å². The van der Waals surface area contributed by atoms with Gasteiger partial charge >= 0.3 is 12.0 Å². The molecule has 1 fully saturated rings. The van der Waals surface area contributed by atoms with Gasteiger partial charge < -0.3 is 14.6 Å². The SMILES string of the molecule is CCc1ccc(N2C(=O)NC(=O)/C(=C\c3ccc(O[C@H](C)C(=O)O)c(OC)c3)C2=O)cc1. The number of imide groups is 2. The number of anilines is 1. The highest BCUT2D eigenvalue weighted by Crippen LogP contribution is 2.30. The van der Waals surface area contributed by atoms with Gasteiger partial charge in [0, 0.05) is 0 Å². The van der Waals surface area contributed by atoms with Crippen LogP contribution in [0.5, 0.6) is 11.5 Å². The Balaban J connectivity index is 1.93. The van der Waals surface area contributed by atoms with Crippen LogP contribution in [0.25, 0.3) is 6.08 Å². The lowest BCUT2D eigenvalue weighted by Crippen LogP contribution is -2.54. The summed E-state index contributed by atoms with van der Waals surface area (Å²) in [5.74, 6) is -2.31. The van der Waals surface area contributed by atoms with Gasteiger partial charge in [0.1, 0.15) is 5.57 Å². The molecule has 2 aromatic rings. The number of carbonyl (C=O) groups excluding carboxylic acids is 3. The number of ether oxygens (including phenoxy) is 2. The summed E-state index contributed by atoms with van der Waals surface area (Å²) >= 11 is 0. The minimum atomic E-state index is -1.14. The van der Waals surface area contributed by atoms with E-state index in [9.17, 15) is 19.2 Å². The zero-order valence-electron chi connectivity index (χ0n) is 17.7. The number of nitrogens with one attached hydrogen (secondary N) is 1. The molecular weight excluding hydrogens is 416 g/mol. The van der Waals surface area contributed by atoms with Crippen molar-refractivity contribution in [2.24, 2.45) is 0 Å². The second-order valence-corrected chi connectivity index (χ2v) is 6.99. The molecule has 0 saturated carbocycles. The average molecular weight is 438 g/mol. The molecule has 0 unspecified atom stereocenters. The van der Waals surface area contributed by atoms with Crippen LogP contribution in [0.2, 0.25) is 0 Å². The zero-order valence-corrected chi connectivity index (χ0v) is 17.7. The van der Waals surface area contributed by atoms with Gasteiger partial charge in [-0.05, 0) is 54.8 Å². The molecule has 0 bridgehead atoms. The standard InChI is InChI=1S/C23H22N2O7/c1-4-14-5-8-16(9-6-14)25-21(27)17(20(26)24-23(25)30)11-15-7-10-18(19(12-15)31-3)32-13(2)22(28)29/h5-13H,4H2,1-3H3,(H,28,29)(H,24,26,30)/b17-11+/t13-/m1/s1. The van der Waals surface area contributed by atoms with Crippen LogP contribution < -0.4 is 19.7 Å². The number of rotatable bonds is 7. The van der Waals surface area contributed by atoms with Gasteiger partial charge in [-0.1, -0.05) is 25.1 Å². The number of carbonyl (C=O) groups is 4.